The highest BCUT2D eigenvalue weighted by molar-refractivity contribution is 5.85. The van der Waals surface area contributed by atoms with Crippen LogP contribution in [0.25, 0.3) is 6.08 Å². The summed E-state index contributed by atoms with van der Waals surface area (Å²) in [6.45, 7) is 2.24. The fourth-order valence-electron chi connectivity index (χ4n) is 2.77. The van der Waals surface area contributed by atoms with Gasteiger partial charge in [0.05, 0.1) is 6.10 Å². The van der Waals surface area contributed by atoms with Gasteiger partial charge in [-0.05, 0) is 49.0 Å². The molecule has 108 valence electrons. The fraction of sp³-hybridized carbons (Fsp3) is 0.471. The maximum Gasteiger partial charge on any atom is 0.328 e. The molecule has 2 rings (SSSR count). The maximum absolute atomic E-state index is 10.5. The van der Waals surface area contributed by atoms with Crippen LogP contribution >= 0.6 is 0 Å². The first-order chi connectivity index (χ1) is 9.67. The predicted octanol–water partition coefficient (Wildman–Crippen LogP) is 4.13. The molecular formula is C17H22O3. The van der Waals surface area contributed by atoms with Crippen molar-refractivity contribution in [3.05, 3.63) is 35.9 Å². The van der Waals surface area contributed by atoms with Crippen molar-refractivity contribution in [3.8, 4) is 5.75 Å². The van der Waals surface area contributed by atoms with Crippen LogP contribution in [0.1, 0.15) is 44.6 Å². The van der Waals surface area contributed by atoms with Crippen molar-refractivity contribution >= 4 is 12.0 Å². The highest BCUT2D eigenvalue weighted by atomic mass is 16.5. The minimum absolute atomic E-state index is 0.299. The Labute approximate surface area is 120 Å². The number of benzene rings is 1. The van der Waals surface area contributed by atoms with E-state index < -0.39 is 5.97 Å². The normalized spacial score (nSPS) is 22.9. The molecule has 1 N–H and O–H groups in total. The summed E-state index contributed by atoms with van der Waals surface area (Å²) in [5, 5.41) is 8.64. The van der Waals surface area contributed by atoms with Crippen molar-refractivity contribution in [1.29, 1.82) is 0 Å². The first-order valence-electron chi connectivity index (χ1n) is 7.35. The number of carbonyl (C=O) groups is 1. The Morgan fingerprint density at radius 3 is 3.05 bits per heavy atom. The highest BCUT2D eigenvalue weighted by Crippen LogP contribution is 2.29. The molecule has 0 radical (unpaired) electrons. The molecule has 0 saturated heterocycles. The van der Waals surface area contributed by atoms with Gasteiger partial charge < -0.3 is 9.84 Å². The molecule has 3 heteroatoms. The number of carboxylic acids is 1. The van der Waals surface area contributed by atoms with E-state index in [4.69, 9.17) is 9.84 Å². The zero-order chi connectivity index (χ0) is 14.4. The molecule has 1 saturated carbocycles. The second-order valence-corrected chi connectivity index (χ2v) is 5.42. The van der Waals surface area contributed by atoms with Crippen molar-refractivity contribution < 1.29 is 14.6 Å². The molecule has 1 aliphatic carbocycles. The average Bonchev–Trinajstić information content (AvgIpc) is 2.46. The zero-order valence-corrected chi connectivity index (χ0v) is 11.9. The fourth-order valence-corrected chi connectivity index (χ4v) is 2.77. The molecule has 1 aromatic carbocycles. The summed E-state index contributed by atoms with van der Waals surface area (Å²) in [5.74, 6) is 0.678. The van der Waals surface area contributed by atoms with E-state index >= 15 is 0 Å². The number of carboxylic acid groups (broad SMARTS) is 1. The predicted molar refractivity (Wildman–Crippen MR) is 79.8 cm³/mol. The van der Waals surface area contributed by atoms with Gasteiger partial charge in [-0.25, -0.2) is 4.79 Å². The Kier molecular flexibility index (Phi) is 5.22. The summed E-state index contributed by atoms with van der Waals surface area (Å²) in [6, 6.07) is 7.61. The molecule has 0 aromatic heterocycles. The third-order valence-electron chi connectivity index (χ3n) is 3.89. The van der Waals surface area contributed by atoms with Gasteiger partial charge in [0.25, 0.3) is 0 Å². The summed E-state index contributed by atoms with van der Waals surface area (Å²) >= 11 is 0. The van der Waals surface area contributed by atoms with Crippen LogP contribution in [0.5, 0.6) is 5.75 Å². The molecule has 1 fully saturated rings. The van der Waals surface area contributed by atoms with E-state index in [0.29, 0.717) is 6.10 Å². The molecular weight excluding hydrogens is 252 g/mol. The standard InChI is InChI=1S/C17H22O3/c1-2-13-5-3-7-15(11-13)20-16-8-4-6-14(12-16)9-10-17(18)19/h4,6,8-10,12-13,15H,2-3,5,7,11H2,1H3,(H,18,19). The van der Waals surface area contributed by atoms with Crippen molar-refractivity contribution in [1.82, 2.24) is 0 Å². The van der Waals surface area contributed by atoms with Crippen molar-refractivity contribution in [3.63, 3.8) is 0 Å². The topological polar surface area (TPSA) is 46.5 Å². The Morgan fingerprint density at radius 1 is 1.45 bits per heavy atom. The second-order valence-electron chi connectivity index (χ2n) is 5.42. The van der Waals surface area contributed by atoms with Gasteiger partial charge in [-0.15, -0.1) is 0 Å². The van der Waals surface area contributed by atoms with Gasteiger partial charge in [-0.3, -0.25) is 0 Å². The average molecular weight is 274 g/mol. The molecule has 0 aliphatic heterocycles. The lowest BCUT2D eigenvalue weighted by molar-refractivity contribution is -0.131. The molecule has 1 aliphatic rings. The minimum Gasteiger partial charge on any atom is -0.490 e. The molecule has 3 nitrogen and oxygen atoms in total. The van der Waals surface area contributed by atoms with Crippen LogP contribution in [0.3, 0.4) is 0 Å². The molecule has 0 spiro atoms. The van der Waals surface area contributed by atoms with E-state index in [2.05, 4.69) is 6.92 Å². The van der Waals surface area contributed by atoms with Gasteiger partial charge in [0, 0.05) is 6.08 Å². The Morgan fingerprint density at radius 2 is 2.30 bits per heavy atom. The van der Waals surface area contributed by atoms with Crippen molar-refractivity contribution in [2.45, 2.75) is 45.1 Å². The molecule has 2 unspecified atom stereocenters. The first-order valence-corrected chi connectivity index (χ1v) is 7.35. The van der Waals surface area contributed by atoms with Gasteiger partial charge in [0.1, 0.15) is 5.75 Å². The quantitative estimate of drug-likeness (QED) is 0.821. The van der Waals surface area contributed by atoms with Crippen LogP contribution in [0, 0.1) is 5.92 Å². The smallest absolute Gasteiger partial charge is 0.328 e. The van der Waals surface area contributed by atoms with Gasteiger partial charge >= 0.3 is 5.97 Å². The van der Waals surface area contributed by atoms with Crippen LogP contribution in [0.2, 0.25) is 0 Å². The van der Waals surface area contributed by atoms with E-state index in [1.807, 2.05) is 24.3 Å². The molecule has 2 atom stereocenters. The summed E-state index contributed by atoms with van der Waals surface area (Å²) in [7, 11) is 0. The number of ether oxygens (including phenoxy) is 1. The summed E-state index contributed by atoms with van der Waals surface area (Å²) in [5.41, 5.74) is 0.854. The third kappa shape index (κ3) is 4.41. The Balaban J connectivity index is 1.98. The van der Waals surface area contributed by atoms with Gasteiger partial charge in [0.15, 0.2) is 0 Å². The summed E-state index contributed by atoms with van der Waals surface area (Å²) in [6.07, 6.45) is 9.06. The van der Waals surface area contributed by atoms with Crippen molar-refractivity contribution in [2.75, 3.05) is 0 Å². The van der Waals surface area contributed by atoms with Crippen molar-refractivity contribution in [2.24, 2.45) is 5.92 Å². The summed E-state index contributed by atoms with van der Waals surface area (Å²) in [4.78, 5) is 10.5. The molecule has 20 heavy (non-hydrogen) atoms. The van der Waals surface area contributed by atoms with Crippen LogP contribution in [-0.2, 0) is 4.79 Å². The first kappa shape index (κ1) is 14.6. The van der Waals surface area contributed by atoms with Crippen LogP contribution < -0.4 is 4.74 Å². The molecule has 0 amide bonds. The Hall–Kier alpha value is -1.77. The lowest BCUT2D eigenvalue weighted by atomic mass is 9.85. The molecule has 0 heterocycles. The third-order valence-corrected chi connectivity index (χ3v) is 3.89. The lowest BCUT2D eigenvalue weighted by Gasteiger charge is -2.29. The largest absolute Gasteiger partial charge is 0.490 e. The monoisotopic (exact) mass is 274 g/mol. The SMILES string of the molecule is CCC1CCCC(Oc2cccc(C=CC(=O)O)c2)C1. The highest BCUT2D eigenvalue weighted by Gasteiger charge is 2.21. The van der Waals surface area contributed by atoms with E-state index in [9.17, 15) is 4.79 Å². The lowest BCUT2D eigenvalue weighted by Crippen LogP contribution is -2.25. The maximum atomic E-state index is 10.5. The van der Waals surface area contributed by atoms with E-state index in [0.717, 1.165) is 36.1 Å². The number of aliphatic carboxylic acids is 1. The van der Waals surface area contributed by atoms with Gasteiger partial charge in [-0.1, -0.05) is 31.9 Å². The van der Waals surface area contributed by atoms with E-state index in [1.54, 1.807) is 6.08 Å². The number of hydrogen-bond donors (Lipinski definition) is 1. The van der Waals surface area contributed by atoms with Crippen LogP contribution in [-0.4, -0.2) is 17.2 Å². The van der Waals surface area contributed by atoms with Gasteiger partial charge in [-0.2, -0.15) is 0 Å². The Bertz CT molecular complexity index is 479. The van der Waals surface area contributed by atoms with E-state index in [1.165, 1.54) is 19.3 Å². The number of rotatable bonds is 5. The summed E-state index contributed by atoms with van der Waals surface area (Å²) < 4.78 is 6.05. The van der Waals surface area contributed by atoms with Crippen LogP contribution in [0.4, 0.5) is 0 Å². The second kappa shape index (κ2) is 7.13. The van der Waals surface area contributed by atoms with E-state index in [-0.39, 0.29) is 0 Å². The molecule has 0 bridgehead atoms. The van der Waals surface area contributed by atoms with Crippen LogP contribution in [0.15, 0.2) is 30.3 Å². The molecule has 1 aromatic rings. The minimum atomic E-state index is -0.936. The zero-order valence-electron chi connectivity index (χ0n) is 11.9. The number of hydrogen-bond acceptors (Lipinski definition) is 2. The van der Waals surface area contributed by atoms with Gasteiger partial charge in [0.2, 0.25) is 0 Å².